The molecule has 0 bridgehead atoms. The van der Waals surface area contributed by atoms with Crippen molar-refractivity contribution in [2.24, 2.45) is 11.8 Å². The Hall–Kier alpha value is 0. The topological polar surface area (TPSA) is 0 Å². The Kier molecular flexibility index (Phi) is 5.19. The van der Waals surface area contributed by atoms with Crippen LogP contribution >= 0.6 is 0 Å². The van der Waals surface area contributed by atoms with Crippen molar-refractivity contribution in [2.75, 3.05) is 0 Å². The molecule has 0 nitrogen and oxygen atoms in total. The third kappa shape index (κ3) is 3.25. The maximum absolute atomic E-state index is 2.37. The molecule has 2 aliphatic rings. The molecule has 0 spiro atoms. The summed E-state index contributed by atoms with van der Waals surface area (Å²) in [7, 11) is 0. The van der Waals surface area contributed by atoms with Gasteiger partial charge in [-0.05, 0) is 49.9 Å². The first kappa shape index (κ1) is 12.5. The average Bonchev–Trinajstić information content (AvgIpc) is 2.38. The van der Waals surface area contributed by atoms with Gasteiger partial charge in [-0.15, -0.1) is 0 Å². The lowest BCUT2D eigenvalue weighted by Gasteiger charge is -2.37. The maximum Gasteiger partial charge on any atom is -0.0179 e. The van der Waals surface area contributed by atoms with Gasteiger partial charge < -0.3 is 0 Å². The van der Waals surface area contributed by atoms with Crippen LogP contribution in [0.1, 0.15) is 84.0 Å². The predicted molar refractivity (Wildman–Crippen MR) is 71.3 cm³/mol. The molecule has 2 saturated carbocycles. The van der Waals surface area contributed by atoms with E-state index in [1.54, 1.807) is 0 Å². The van der Waals surface area contributed by atoms with E-state index in [4.69, 9.17) is 0 Å². The highest BCUT2D eigenvalue weighted by Gasteiger charge is 2.30. The maximum atomic E-state index is 2.37. The second kappa shape index (κ2) is 6.67. The fraction of sp³-hybridized carbons (Fsp3) is 0.938. The zero-order chi connectivity index (χ0) is 11.2. The van der Waals surface area contributed by atoms with Crippen LogP contribution < -0.4 is 0 Å². The molecule has 0 heterocycles. The SMILES string of the molecule is CCC[C](C1CCCCC1)C1CCCCC1. The Morgan fingerprint density at radius 1 is 0.750 bits per heavy atom. The minimum absolute atomic E-state index is 1.02. The zero-order valence-corrected chi connectivity index (χ0v) is 11.1. The van der Waals surface area contributed by atoms with E-state index in [0.29, 0.717) is 0 Å². The minimum atomic E-state index is 1.02. The molecule has 1 radical (unpaired) electrons. The molecular formula is C16H29. The Balaban J connectivity index is 1.91. The van der Waals surface area contributed by atoms with Crippen LogP contribution in [0.15, 0.2) is 0 Å². The van der Waals surface area contributed by atoms with Crippen LogP contribution in [0, 0.1) is 17.8 Å². The van der Waals surface area contributed by atoms with Crippen LogP contribution in [-0.4, -0.2) is 0 Å². The first-order valence-corrected chi connectivity index (χ1v) is 7.77. The number of hydrogen-bond acceptors (Lipinski definition) is 0. The van der Waals surface area contributed by atoms with Crippen molar-refractivity contribution < 1.29 is 0 Å². The van der Waals surface area contributed by atoms with E-state index >= 15 is 0 Å². The molecule has 0 heteroatoms. The summed E-state index contributed by atoms with van der Waals surface area (Å²) in [6.07, 6.45) is 17.9. The normalized spacial score (nSPS) is 25.1. The van der Waals surface area contributed by atoms with Crippen molar-refractivity contribution in [3.8, 4) is 0 Å². The van der Waals surface area contributed by atoms with Crippen molar-refractivity contribution >= 4 is 0 Å². The van der Waals surface area contributed by atoms with Gasteiger partial charge in [0.05, 0.1) is 0 Å². The van der Waals surface area contributed by atoms with Crippen molar-refractivity contribution in [1.29, 1.82) is 0 Å². The first-order valence-electron chi connectivity index (χ1n) is 7.77. The van der Waals surface area contributed by atoms with Gasteiger partial charge in [0.15, 0.2) is 0 Å². The molecule has 0 aromatic rings. The summed E-state index contributed by atoms with van der Waals surface area (Å²) in [6.45, 7) is 2.37. The van der Waals surface area contributed by atoms with Gasteiger partial charge in [0.25, 0.3) is 0 Å². The summed E-state index contributed by atoms with van der Waals surface area (Å²) in [5, 5.41) is 0. The summed E-state index contributed by atoms with van der Waals surface area (Å²) < 4.78 is 0. The van der Waals surface area contributed by atoms with Gasteiger partial charge in [-0.2, -0.15) is 0 Å². The van der Waals surface area contributed by atoms with Gasteiger partial charge >= 0.3 is 0 Å². The molecule has 0 N–H and O–H groups in total. The van der Waals surface area contributed by atoms with E-state index in [0.717, 1.165) is 11.8 Å². The average molecular weight is 221 g/mol. The van der Waals surface area contributed by atoms with E-state index in [9.17, 15) is 0 Å². The molecule has 93 valence electrons. The Morgan fingerprint density at radius 2 is 1.19 bits per heavy atom. The van der Waals surface area contributed by atoms with Gasteiger partial charge in [-0.1, -0.05) is 51.9 Å². The van der Waals surface area contributed by atoms with Gasteiger partial charge in [-0.3, -0.25) is 0 Å². The highest BCUT2D eigenvalue weighted by Crippen LogP contribution is 2.43. The van der Waals surface area contributed by atoms with Crippen LogP contribution in [0.4, 0.5) is 0 Å². The fourth-order valence-electron chi connectivity index (χ4n) is 3.98. The van der Waals surface area contributed by atoms with Gasteiger partial charge in [0.2, 0.25) is 0 Å². The van der Waals surface area contributed by atoms with E-state index in [2.05, 4.69) is 6.92 Å². The lowest BCUT2D eigenvalue weighted by Crippen LogP contribution is -2.25. The molecule has 0 aromatic carbocycles. The lowest BCUT2D eigenvalue weighted by molar-refractivity contribution is 0.263. The molecule has 2 aliphatic carbocycles. The van der Waals surface area contributed by atoms with Crippen LogP contribution in [0.2, 0.25) is 0 Å². The molecule has 0 aromatic heterocycles. The van der Waals surface area contributed by atoms with Crippen molar-refractivity contribution in [1.82, 2.24) is 0 Å². The van der Waals surface area contributed by atoms with Crippen LogP contribution in [0.5, 0.6) is 0 Å². The van der Waals surface area contributed by atoms with E-state index in [-0.39, 0.29) is 0 Å². The van der Waals surface area contributed by atoms with Crippen molar-refractivity contribution in [3.05, 3.63) is 5.92 Å². The first-order chi connectivity index (χ1) is 7.92. The van der Waals surface area contributed by atoms with Gasteiger partial charge in [-0.25, -0.2) is 0 Å². The number of rotatable bonds is 4. The van der Waals surface area contributed by atoms with E-state index in [1.165, 1.54) is 77.0 Å². The smallest absolute Gasteiger partial charge is 0.0179 e. The molecule has 0 unspecified atom stereocenters. The van der Waals surface area contributed by atoms with Crippen LogP contribution in [0.25, 0.3) is 0 Å². The summed E-state index contributed by atoms with van der Waals surface area (Å²) >= 11 is 0. The summed E-state index contributed by atoms with van der Waals surface area (Å²) in [5.74, 6) is 4.05. The molecule has 0 aliphatic heterocycles. The van der Waals surface area contributed by atoms with E-state index in [1.807, 2.05) is 5.92 Å². The van der Waals surface area contributed by atoms with Crippen molar-refractivity contribution in [3.63, 3.8) is 0 Å². The molecular weight excluding hydrogens is 192 g/mol. The van der Waals surface area contributed by atoms with E-state index < -0.39 is 0 Å². The third-order valence-electron chi connectivity index (χ3n) is 4.80. The molecule has 0 saturated heterocycles. The molecule has 0 amide bonds. The van der Waals surface area contributed by atoms with Crippen LogP contribution in [0.3, 0.4) is 0 Å². The second-order valence-corrected chi connectivity index (χ2v) is 5.99. The Labute approximate surface area is 102 Å². The summed E-state index contributed by atoms with van der Waals surface area (Å²) in [6, 6.07) is 0. The lowest BCUT2D eigenvalue weighted by atomic mass is 9.68. The number of hydrogen-bond donors (Lipinski definition) is 0. The largest absolute Gasteiger partial charge is 0.0654 e. The Morgan fingerprint density at radius 3 is 1.56 bits per heavy atom. The fourth-order valence-corrected chi connectivity index (χ4v) is 3.98. The quantitative estimate of drug-likeness (QED) is 0.586. The second-order valence-electron chi connectivity index (χ2n) is 5.99. The van der Waals surface area contributed by atoms with Crippen LogP contribution in [-0.2, 0) is 0 Å². The third-order valence-corrected chi connectivity index (χ3v) is 4.80. The minimum Gasteiger partial charge on any atom is -0.0654 e. The van der Waals surface area contributed by atoms with Gasteiger partial charge in [0, 0.05) is 0 Å². The standard InChI is InChI=1S/C16H29/c1-2-9-16(14-10-5-3-6-11-14)15-12-7-4-8-13-15/h14-15H,2-13H2,1H3. The summed E-state index contributed by atoms with van der Waals surface area (Å²) in [5.41, 5.74) is 0. The highest BCUT2D eigenvalue weighted by molar-refractivity contribution is 5.03. The Bertz CT molecular complexity index is 154. The summed E-state index contributed by atoms with van der Waals surface area (Å²) in [4.78, 5) is 0. The molecule has 2 fully saturated rings. The van der Waals surface area contributed by atoms with Gasteiger partial charge in [0.1, 0.15) is 0 Å². The van der Waals surface area contributed by atoms with Crippen molar-refractivity contribution in [2.45, 2.75) is 84.0 Å². The zero-order valence-electron chi connectivity index (χ0n) is 11.1. The molecule has 0 atom stereocenters. The molecule has 16 heavy (non-hydrogen) atoms. The monoisotopic (exact) mass is 221 g/mol. The molecule has 2 rings (SSSR count). The highest BCUT2D eigenvalue weighted by atomic mass is 14.4. The predicted octanol–water partition coefficient (Wildman–Crippen LogP) is 5.52.